The van der Waals surface area contributed by atoms with Gasteiger partial charge in [0.1, 0.15) is 5.65 Å². The van der Waals surface area contributed by atoms with Gasteiger partial charge in [-0.05, 0) is 43.3 Å². The van der Waals surface area contributed by atoms with Gasteiger partial charge >= 0.3 is 0 Å². The molecule has 0 radical (unpaired) electrons. The molecule has 0 spiro atoms. The van der Waals surface area contributed by atoms with E-state index in [1.807, 2.05) is 73.7 Å². The molecule has 5 rings (SSSR count). The van der Waals surface area contributed by atoms with Crippen molar-refractivity contribution in [1.29, 1.82) is 0 Å². The fraction of sp³-hybridized carbons (Fsp3) is 0.0476. The van der Waals surface area contributed by atoms with Crippen LogP contribution in [0.15, 0.2) is 77.6 Å². The molecule has 0 saturated carbocycles. The van der Waals surface area contributed by atoms with Gasteiger partial charge in [-0.1, -0.05) is 30.3 Å². The van der Waals surface area contributed by atoms with E-state index in [9.17, 15) is 4.79 Å². The Bertz CT molecular complexity index is 1310. The molecule has 120 valence electrons. The summed E-state index contributed by atoms with van der Waals surface area (Å²) in [5.74, 6) is 0. The predicted molar refractivity (Wildman–Crippen MR) is 101 cm³/mol. The maximum atomic E-state index is 13.2. The highest BCUT2D eigenvalue weighted by molar-refractivity contribution is 5.91. The normalized spacial score (nSPS) is 11.6. The molecule has 5 aromatic rings. The average Bonchev–Trinajstić information content (AvgIpc) is 3.01. The Hall–Kier alpha value is -3.40. The Morgan fingerprint density at radius 1 is 0.840 bits per heavy atom. The number of aryl methyl sites for hydroxylation is 1. The minimum atomic E-state index is -0.0196. The molecular formula is C21H15N3O. The van der Waals surface area contributed by atoms with Crippen LogP contribution < -0.4 is 5.56 Å². The van der Waals surface area contributed by atoms with Crippen LogP contribution in [-0.2, 0) is 0 Å². The molecule has 3 aromatic heterocycles. The van der Waals surface area contributed by atoms with Crippen molar-refractivity contribution in [2.24, 2.45) is 0 Å². The molecule has 4 nitrogen and oxygen atoms in total. The highest BCUT2D eigenvalue weighted by Crippen LogP contribution is 2.25. The van der Waals surface area contributed by atoms with Gasteiger partial charge in [0.2, 0.25) is 0 Å². The largest absolute Gasteiger partial charge is 0.293 e. The van der Waals surface area contributed by atoms with E-state index in [1.54, 1.807) is 4.57 Å². The number of rotatable bonds is 1. The second-order valence-corrected chi connectivity index (χ2v) is 6.19. The van der Waals surface area contributed by atoms with Crippen molar-refractivity contribution in [3.05, 3.63) is 88.8 Å². The molecule has 0 unspecified atom stereocenters. The molecule has 4 heteroatoms. The van der Waals surface area contributed by atoms with Crippen LogP contribution in [0.4, 0.5) is 0 Å². The second kappa shape index (κ2) is 5.05. The molecule has 2 aromatic carbocycles. The van der Waals surface area contributed by atoms with Gasteiger partial charge in [0.15, 0.2) is 0 Å². The standard InChI is InChI=1S/C21H15N3O/c1-14-11-12-19-17(22-14)13-20-23(15-7-3-2-4-8-15)21(25)16-9-5-6-10-18(16)24(19)20/h2-13H,1H3. The van der Waals surface area contributed by atoms with Crippen molar-refractivity contribution < 1.29 is 0 Å². The lowest BCUT2D eigenvalue weighted by Gasteiger charge is -2.12. The summed E-state index contributed by atoms with van der Waals surface area (Å²) in [4.78, 5) is 17.9. The predicted octanol–water partition coefficient (Wildman–Crippen LogP) is 4.10. The number of fused-ring (bicyclic) bond motifs is 5. The van der Waals surface area contributed by atoms with E-state index in [-0.39, 0.29) is 5.56 Å². The molecule has 0 aliphatic rings. The van der Waals surface area contributed by atoms with Crippen LogP contribution in [0.3, 0.4) is 0 Å². The lowest BCUT2D eigenvalue weighted by molar-refractivity contribution is 1.01. The van der Waals surface area contributed by atoms with Gasteiger partial charge in [0.25, 0.3) is 5.56 Å². The smallest absolute Gasteiger partial charge is 0.266 e. The van der Waals surface area contributed by atoms with Crippen LogP contribution in [-0.4, -0.2) is 14.0 Å². The van der Waals surface area contributed by atoms with Crippen molar-refractivity contribution in [1.82, 2.24) is 14.0 Å². The van der Waals surface area contributed by atoms with Crippen LogP contribution in [0, 0.1) is 6.92 Å². The maximum Gasteiger partial charge on any atom is 0.266 e. The third-order valence-electron chi connectivity index (χ3n) is 4.60. The van der Waals surface area contributed by atoms with Crippen molar-refractivity contribution in [3.8, 4) is 5.69 Å². The first-order chi connectivity index (χ1) is 12.2. The second-order valence-electron chi connectivity index (χ2n) is 6.19. The molecule has 3 heterocycles. The number of nitrogens with zero attached hydrogens (tertiary/aromatic N) is 3. The fourth-order valence-electron chi connectivity index (χ4n) is 3.49. The number of hydrogen-bond acceptors (Lipinski definition) is 2. The van der Waals surface area contributed by atoms with E-state index < -0.39 is 0 Å². The van der Waals surface area contributed by atoms with E-state index >= 15 is 0 Å². The maximum absolute atomic E-state index is 13.2. The molecular weight excluding hydrogens is 310 g/mol. The van der Waals surface area contributed by atoms with E-state index in [2.05, 4.69) is 15.5 Å². The van der Waals surface area contributed by atoms with E-state index in [0.717, 1.165) is 33.6 Å². The van der Waals surface area contributed by atoms with Gasteiger partial charge in [0, 0.05) is 11.8 Å². The zero-order valence-electron chi connectivity index (χ0n) is 13.7. The Morgan fingerprint density at radius 2 is 1.60 bits per heavy atom. The molecule has 0 N–H and O–H groups in total. The summed E-state index contributed by atoms with van der Waals surface area (Å²) < 4.78 is 3.88. The molecule has 0 aliphatic heterocycles. The monoisotopic (exact) mass is 325 g/mol. The van der Waals surface area contributed by atoms with Gasteiger partial charge in [-0.2, -0.15) is 0 Å². The first-order valence-electron chi connectivity index (χ1n) is 8.22. The summed E-state index contributed by atoms with van der Waals surface area (Å²) in [7, 11) is 0. The number of aromatic nitrogens is 3. The Balaban J connectivity index is 2.11. The Morgan fingerprint density at radius 3 is 2.44 bits per heavy atom. The van der Waals surface area contributed by atoms with Crippen molar-refractivity contribution in [2.45, 2.75) is 6.92 Å². The third-order valence-corrected chi connectivity index (χ3v) is 4.60. The molecule has 25 heavy (non-hydrogen) atoms. The first kappa shape index (κ1) is 14.0. The quantitative estimate of drug-likeness (QED) is 0.465. The minimum absolute atomic E-state index is 0.0196. The van der Waals surface area contributed by atoms with E-state index in [4.69, 9.17) is 0 Å². The summed E-state index contributed by atoms with van der Waals surface area (Å²) in [6, 6.07) is 23.5. The molecule has 0 aliphatic carbocycles. The number of benzene rings is 2. The van der Waals surface area contributed by atoms with Gasteiger partial charge in [-0.3, -0.25) is 18.7 Å². The molecule has 0 atom stereocenters. The summed E-state index contributed by atoms with van der Waals surface area (Å²) in [6.45, 7) is 1.98. The highest BCUT2D eigenvalue weighted by Gasteiger charge is 2.15. The van der Waals surface area contributed by atoms with Crippen molar-refractivity contribution >= 4 is 27.6 Å². The van der Waals surface area contributed by atoms with Crippen LogP contribution in [0.25, 0.3) is 33.3 Å². The lowest BCUT2D eigenvalue weighted by Crippen LogP contribution is -2.20. The minimum Gasteiger partial charge on any atom is -0.293 e. The van der Waals surface area contributed by atoms with E-state index in [1.165, 1.54) is 0 Å². The van der Waals surface area contributed by atoms with Crippen LogP contribution >= 0.6 is 0 Å². The van der Waals surface area contributed by atoms with E-state index in [0.29, 0.717) is 5.39 Å². The zero-order valence-corrected chi connectivity index (χ0v) is 13.7. The highest BCUT2D eigenvalue weighted by atomic mass is 16.1. The van der Waals surface area contributed by atoms with Gasteiger partial charge in [-0.25, -0.2) is 0 Å². The summed E-state index contributed by atoms with van der Waals surface area (Å²) in [6.07, 6.45) is 0. The summed E-state index contributed by atoms with van der Waals surface area (Å²) in [5, 5.41) is 0.692. The van der Waals surface area contributed by atoms with Crippen LogP contribution in [0.1, 0.15) is 5.69 Å². The SMILES string of the molecule is Cc1ccc2c(cc3n(-c4ccccc4)c(=O)c4ccccc4n23)n1. The van der Waals surface area contributed by atoms with Gasteiger partial charge in [0.05, 0.1) is 27.6 Å². The Kier molecular flexibility index (Phi) is 2.82. The number of para-hydroxylation sites is 2. The van der Waals surface area contributed by atoms with Gasteiger partial charge < -0.3 is 0 Å². The molecule has 0 bridgehead atoms. The third kappa shape index (κ3) is 1.94. The zero-order chi connectivity index (χ0) is 17.0. The van der Waals surface area contributed by atoms with Gasteiger partial charge in [-0.15, -0.1) is 0 Å². The summed E-state index contributed by atoms with van der Waals surface area (Å²) in [5.41, 5.74) is 5.40. The number of pyridine rings is 1. The average molecular weight is 325 g/mol. The Labute approximate surface area is 143 Å². The molecule has 0 saturated heterocycles. The van der Waals surface area contributed by atoms with Crippen molar-refractivity contribution in [2.75, 3.05) is 0 Å². The molecule has 0 amide bonds. The number of hydrogen-bond donors (Lipinski definition) is 0. The summed E-state index contributed by atoms with van der Waals surface area (Å²) >= 11 is 0. The lowest BCUT2D eigenvalue weighted by atomic mass is 10.2. The topological polar surface area (TPSA) is 39.3 Å². The fourth-order valence-corrected chi connectivity index (χ4v) is 3.49. The van der Waals surface area contributed by atoms with Crippen molar-refractivity contribution in [3.63, 3.8) is 0 Å². The molecule has 0 fully saturated rings. The first-order valence-corrected chi connectivity index (χ1v) is 8.22. The van der Waals surface area contributed by atoms with Crippen LogP contribution in [0.2, 0.25) is 0 Å². The van der Waals surface area contributed by atoms with Crippen LogP contribution in [0.5, 0.6) is 0 Å².